The number of aliphatic hydroxyl groups excluding tert-OH is 1. The predicted octanol–water partition coefficient (Wildman–Crippen LogP) is 2.19. The summed E-state index contributed by atoms with van der Waals surface area (Å²) in [4.78, 5) is 2.28. The summed E-state index contributed by atoms with van der Waals surface area (Å²) in [5.41, 5.74) is 0. The van der Waals surface area contributed by atoms with Crippen molar-refractivity contribution in [2.45, 2.75) is 18.9 Å². The predicted molar refractivity (Wildman–Crippen MR) is 79.4 cm³/mol. The molecule has 0 amide bonds. The molecule has 1 aromatic rings. The van der Waals surface area contributed by atoms with Gasteiger partial charge in [0.1, 0.15) is 12.4 Å². The van der Waals surface area contributed by atoms with E-state index in [0.717, 1.165) is 18.8 Å². The molecule has 2 rings (SSSR count). The second-order valence-electron chi connectivity index (χ2n) is 5.04. The van der Waals surface area contributed by atoms with E-state index in [4.69, 9.17) is 21.1 Å². The molecule has 1 saturated heterocycles. The number of benzene rings is 1. The van der Waals surface area contributed by atoms with Gasteiger partial charge in [-0.15, -0.1) is 0 Å². The summed E-state index contributed by atoms with van der Waals surface area (Å²) in [5.74, 6) is 0.774. The van der Waals surface area contributed by atoms with E-state index < -0.39 is 6.10 Å². The van der Waals surface area contributed by atoms with Crippen LogP contribution >= 0.6 is 11.6 Å². The molecule has 4 nitrogen and oxygen atoms in total. The van der Waals surface area contributed by atoms with Gasteiger partial charge in [-0.1, -0.05) is 11.6 Å². The molecule has 1 heterocycles. The van der Waals surface area contributed by atoms with Crippen LogP contribution in [-0.2, 0) is 4.74 Å². The molecule has 0 spiro atoms. The minimum absolute atomic E-state index is 0.362. The molecule has 0 saturated carbocycles. The molecule has 0 radical (unpaired) electrons. The second kappa shape index (κ2) is 8.47. The Morgan fingerprint density at radius 1 is 1.15 bits per heavy atom. The van der Waals surface area contributed by atoms with Crippen LogP contribution in [0.1, 0.15) is 12.8 Å². The van der Waals surface area contributed by atoms with Crippen molar-refractivity contribution >= 4 is 11.6 Å². The number of nitrogens with zero attached hydrogens (tertiary/aromatic N) is 1. The van der Waals surface area contributed by atoms with Crippen LogP contribution in [0.15, 0.2) is 24.3 Å². The average molecular weight is 300 g/mol. The Morgan fingerprint density at radius 3 is 2.55 bits per heavy atom. The third-order valence-corrected chi connectivity index (χ3v) is 3.54. The molecule has 0 aliphatic carbocycles. The molecule has 1 aromatic carbocycles. The SMILES string of the molecule is O[C@H](COCCOc1ccc(Cl)cc1)CN1CCCC1. The van der Waals surface area contributed by atoms with Crippen molar-refractivity contribution in [1.29, 1.82) is 0 Å². The number of ether oxygens (including phenoxy) is 2. The first-order valence-electron chi connectivity index (χ1n) is 7.10. The molecule has 1 N–H and O–H groups in total. The maximum atomic E-state index is 9.83. The zero-order chi connectivity index (χ0) is 14.2. The van der Waals surface area contributed by atoms with E-state index in [1.54, 1.807) is 12.1 Å². The lowest BCUT2D eigenvalue weighted by molar-refractivity contribution is 0.0111. The topological polar surface area (TPSA) is 41.9 Å². The summed E-state index contributed by atoms with van der Waals surface area (Å²) in [7, 11) is 0. The van der Waals surface area contributed by atoms with Gasteiger partial charge in [-0.25, -0.2) is 0 Å². The summed E-state index contributed by atoms with van der Waals surface area (Å²) in [6.07, 6.45) is 2.06. The molecular formula is C15H22ClNO3. The zero-order valence-corrected chi connectivity index (χ0v) is 12.4. The average Bonchev–Trinajstić information content (AvgIpc) is 2.93. The van der Waals surface area contributed by atoms with Gasteiger partial charge in [0.15, 0.2) is 0 Å². The number of halogens is 1. The highest BCUT2D eigenvalue weighted by molar-refractivity contribution is 6.30. The minimum atomic E-state index is -0.413. The van der Waals surface area contributed by atoms with Gasteiger partial charge in [0, 0.05) is 11.6 Å². The maximum Gasteiger partial charge on any atom is 0.119 e. The van der Waals surface area contributed by atoms with E-state index in [1.807, 2.05) is 12.1 Å². The fraction of sp³-hybridized carbons (Fsp3) is 0.600. The Labute approximate surface area is 125 Å². The van der Waals surface area contributed by atoms with E-state index in [-0.39, 0.29) is 0 Å². The Kier molecular flexibility index (Phi) is 6.60. The molecule has 5 heteroatoms. The fourth-order valence-electron chi connectivity index (χ4n) is 2.28. The second-order valence-corrected chi connectivity index (χ2v) is 5.48. The third-order valence-electron chi connectivity index (χ3n) is 3.29. The van der Waals surface area contributed by atoms with Gasteiger partial charge >= 0.3 is 0 Å². The Balaban J connectivity index is 1.51. The highest BCUT2D eigenvalue weighted by Gasteiger charge is 2.15. The van der Waals surface area contributed by atoms with Crippen LogP contribution in [0.4, 0.5) is 0 Å². The molecule has 20 heavy (non-hydrogen) atoms. The molecule has 1 aliphatic rings. The van der Waals surface area contributed by atoms with Crippen LogP contribution < -0.4 is 4.74 Å². The number of rotatable bonds is 8. The highest BCUT2D eigenvalue weighted by Crippen LogP contribution is 2.15. The Bertz CT molecular complexity index is 379. The number of β-amino-alcohol motifs (C(OH)–C–C–N with tert-alkyl or cyclic N) is 1. The lowest BCUT2D eigenvalue weighted by Gasteiger charge is -2.19. The lowest BCUT2D eigenvalue weighted by atomic mass is 10.3. The zero-order valence-electron chi connectivity index (χ0n) is 11.6. The Morgan fingerprint density at radius 2 is 1.85 bits per heavy atom. The number of aliphatic hydroxyl groups is 1. The largest absolute Gasteiger partial charge is 0.491 e. The van der Waals surface area contributed by atoms with E-state index in [9.17, 15) is 5.11 Å². The van der Waals surface area contributed by atoms with Gasteiger partial charge in [-0.3, -0.25) is 0 Å². The van der Waals surface area contributed by atoms with Crippen molar-refractivity contribution in [1.82, 2.24) is 4.90 Å². The highest BCUT2D eigenvalue weighted by atomic mass is 35.5. The van der Waals surface area contributed by atoms with Gasteiger partial charge in [-0.05, 0) is 50.2 Å². The van der Waals surface area contributed by atoms with Crippen LogP contribution in [0, 0.1) is 0 Å². The summed E-state index contributed by atoms with van der Waals surface area (Å²) in [6.45, 7) is 4.20. The number of hydrogen-bond acceptors (Lipinski definition) is 4. The van der Waals surface area contributed by atoms with E-state index in [1.165, 1.54) is 12.8 Å². The molecule has 1 aliphatic heterocycles. The maximum absolute atomic E-state index is 9.83. The first-order valence-corrected chi connectivity index (χ1v) is 7.48. The molecule has 0 bridgehead atoms. The van der Waals surface area contributed by atoms with Gasteiger partial charge < -0.3 is 19.5 Å². The first-order chi connectivity index (χ1) is 9.74. The van der Waals surface area contributed by atoms with E-state index >= 15 is 0 Å². The summed E-state index contributed by atoms with van der Waals surface area (Å²) < 4.78 is 10.9. The summed E-state index contributed by atoms with van der Waals surface area (Å²) in [5, 5.41) is 10.5. The van der Waals surface area contributed by atoms with Crippen molar-refractivity contribution in [2.75, 3.05) is 39.5 Å². The fourth-order valence-corrected chi connectivity index (χ4v) is 2.41. The van der Waals surface area contributed by atoms with E-state index in [0.29, 0.717) is 31.4 Å². The number of hydrogen-bond donors (Lipinski definition) is 1. The van der Waals surface area contributed by atoms with Gasteiger partial charge in [0.05, 0.1) is 19.3 Å². The monoisotopic (exact) mass is 299 g/mol. The molecule has 0 aromatic heterocycles. The molecule has 0 unspecified atom stereocenters. The van der Waals surface area contributed by atoms with Crippen LogP contribution in [-0.4, -0.2) is 55.6 Å². The van der Waals surface area contributed by atoms with Crippen molar-refractivity contribution in [3.8, 4) is 5.75 Å². The van der Waals surface area contributed by atoms with Crippen LogP contribution in [0.2, 0.25) is 5.02 Å². The standard InChI is InChI=1S/C15H22ClNO3/c16-13-3-5-15(6-4-13)20-10-9-19-12-14(18)11-17-7-1-2-8-17/h3-6,14,18H,1-2,7-12H2/t14-/m0/s1. The molecule has 112 valence electrons. The lowest BCUT2D eigenvalue weighted by Crippen LogP contribution is -2.33. The van der Waals surface area contributed by atoms with Crippen molar-refractivity contribution in [2.24, 2.45) is 0 Å². The summed E-state index contributed by atoms with van der Waals surface area (Å²) >= 11 is 5.79. The third kappa shape index (κ3) is 5.67. The van der Waals surface area contributed by atoms with Gasteiger partial charge in [0.2, 0.25) is 0 Å². The number of likely N-dealkylation sites (tertiary alicyclic amines) is 1. The molecule has 1 fully saturated rings. The quantitative estimate of drug-likeness (QED) is 0.747. The molecule has 1 atom stereocenters. The molecular weight excluding hydrogens is 278 g/mol. The van der Waals surface area contributed by atoms with Crippen LogP contribution in [0.3, 0.4) is 0 Å². The van der Waals surface area contributed by atoms with Crippen LogP contribution in [0.25, 0.3) is 0 Å². The van der Waals surface area contributed by atoms with Gasteiger partial charge in [0.25, 0.3) is 0 Å². The van der Waals surface area contributed by atoms with Crippen LogP contribution in [0.5, 0.6) is 5.75 Å². The van der Waals surface area contributed by atoms with Crippen molar-refractivity contribution < 1.29 is 14.6 Å². The van der Waals surface area contributed by atoms with Crippen molar-refractivity contribution in [3.63, 3.8) is 0 Å². The minimum Gasteiger partial charge on any atom is -0.491 e. The normalized spacial score (nSPS) is 17.3. The van der Waals surface area contributed by atoms with E-state index in [2.05, 4.69) is 4.90 Å². The van der Waals surface area contributed by atoms with Crippen molar-refractivity contribution in [3.05, 3.63) is 29.3 Å². The first kappa shape index (κ1) is 15.6. The van der Waals surface area contributed by atoms with Gasteiger partial charge in [-0.2, -0.15) is 0 Å². The summed E-state index contributed by atoms with van der Waals surface area (Å²) in [6, 6.07) is 7.23. The smallest absolute Gasteiger partial charge is 0.119 e. The Hall–Kier alpha value is -0.810.